The molecule has 2 N–H and O–H groups in total. The largest absolute Gasteiger partial charge is 0.444 e. The summed E-state index contributed by atoms with van der Waals surface area (Å²) in [5, 5.41) is 13.2. The summed E-state index contributed by atoms with van der Waals surface area (Å²) in [6, 6.07) is 8.61. The first-order valence-corrected chi connectivity index (χ1v) is 8.81. The van der Waals surface area contributed by atoms with E-state index in [0.29, 0.717) is 5.89 Å². The van der Waals surface area contributed by atoms with E-state index in [1.165, 1.54) is 0 Å². The Hall–Kier alpha value is -2.90. The average Bonchev–Trinajstić information content (AvgIpc) is 3.05. The molecule has 1 unspecified atom stereocenters. The van der Waals surface area contributed by atoms with Gasteiger partial charge in [-0.1, -0.05) is 32.0 Å². The molecule has 1 heterocycles. The van der Waals surface area contributed by atoms with Crippen molar-refractivity contribution in [3.05, 3.63) is 36.2 Å². The van der Waals surface area contributed by atoms with E-state index in [2.05, 4.69) is 20.8 Å². The van der Waals surface area contributed by atoms with Crippen LogP contribution in [0.25, 0.3) is 11.5 Å². The van der Waals surface area contributed by atoms with Crippen LogP contribution in [0.2, 0.25) is 0 Å². The van der Waals surface area contributed by atoms with E-state index in [1.807, 2.05) is 44.2 Å². The van der Waals surface area contributed by atoms with Crippen molar-refractivity contribution in [1.82, 2.24) is 20.8 Å². The van der Waals surface area contributed by atoms with Crippen LogP contribution in [0.4, 0.5) is 4.79 Å². The average molecular weight is 374 g/mol. The number of hydrogen-bond acceptors (Lipinski definition) is 6. The zero-order valence-electron chi connectivity index (χ0n) is 16.3. The van der Waals surface area contributed by atoms with Gasteiger partial charge in [-0.3, -0.25) is 4.79 Å². The Balaban J connectivity index is 1.94. The highest BCUT2D eigenvalue weighted by molar-refractivity contribution is 5.85. The number of alkyl carbamates (subject to hydrolysis) is 1. The van der Waals surface area contributed by atoms with Crippen LogP contribution in [-0.4, -0.2) is 33.8 Å². The quantitative estimate of drug-likeness (QED) is 0.805. The number of ether oxygens (including phenoxy) is 1. The first kappa shape index (κ1) is 20.4. The minimum Gasteiger partial charge on any atom is -0.444 e. The van der Waals surface area contributed by atoms with Crippen molar-refractivity contribution in [2.24, 2.45) is 5.92 Å². The highest BCUT2D eigenvalue weighted by Crippen LogP contribution is 2.16. The van der Waals surface area contributed by atoms with Crippen LogP contribution < -0.4 is 10.6 Å². The summed E-state index contributed by atoms with van der Waals surface area (Å²) in [7, 11) is 0. The van der Waals surface area contributed by atoms with Gasteiger partial charge in [0.1, 0.15) is 11.6 Å². The molecule has 1 aromatic heterocycles. The Labute approximate surface area is 158 Å². The van der Waals surface area contributed by atoms with Gasteiger partial charge in [0.05, 0.1) is 6.54 Å². The molecular weight excluding hydrogens is 348 g/mol. The Bertz CT molecular complexity index is 766. The van der Waals surface area contributed by atoms with Crippen molar-refractivity contribution in [2.45, 2.75) is 52.8 Å². The summed E-state index contributed by atoms with van der Waals surface area (Å²) in [6.45, 7) is 9.02. The van der Waals surface area contributed by atoms with Gasteiger partial charge in [0.25, 0.3) is 0 Å². The maximum Gasteiger partial charge on any atom is 0.408 e. The van der Waals surface area contributed by atoms with Crippen LogP contribution in [0, 0.1) is 5.92 Å². The van der Waals surface area contributed by atoms with Gasteiger partial charge in [0.15, 0.2) is 0 Å². The molecule has 0 radical (unpaired) electrons. The lowest BCUT2D eigenvalue weighted by Crippen LogP contribution is -2.50. The first-order valence-electron chi connectivity index (χ1n) is 8.81. The van der Waals surface area contributed by atoms with Crippen LogP contribution in [-0.2, 0) is 16.1 Å². The minimum absolute atomic E-state index is 0.0673. The van der Waals surface area contributed by atoms with Gasteiger partial charge in [-0.2, -0.15) is 0 Å². The fourth-order valence-electron chi connectivity index (χ4n) is 2.26. The molecule has 0 spiro atoms. The number of nitrogens with one attached hydrogen (secondary N) is 2. The number of rotatable bonds is 6. The van der Waals surface area contributed by atoms with E-state index < -0.39 is 17.7 Å². The van der Waals surface area contributed by atoms with Gasteiger partial charge in [-0.05, 0) is 38.8 Å². The fraction of sp³-hybridized carbons (Fsp3) is 0.474. The molecule has 0 aliphatic carbocycles. The summed E-state index contributed by atoms with van der Waals surface area (Å²) in [4.78, 5) is 24.4. The van der Waals surface area contributed by atoms with Crippen LogP contribution in [0.5, 0.6) is 0 Å². The van der Waals surface area contributed by atoms with Gasteiger partial charge in [0, 0.05) is 5.56 Å². The smallest absolute Gasteiger partial charge is 0.408 e. The van der Waals surface area contributed by atoms with Crippen LogP contribution >= 0.6 is 0 Å². The maximum atomic E-state index is 12.5. The molecule has 1 aromatic carbocycles. The van der Waals surface area contributed by atoms with Gasteiger partial charge in [0.2, 0.25) is 17.7 Å². The predicted octanol–water partition coefficient (Wildman–Crippen LogP) is 2.90. The molecule has 2 aromatic rings. The Morgan fingerprint density at radius 2 is 1.81 bits per heavy atom. The zero-order chi connectivity index (χ0) is 20.0. The highest BCUT2D eigenvalue weighted by Gasteiger charge is 2.27. The normalized spacial score (nSPS) is 12.5. The zero-order valence-corrected chi connectivity index (χ0v) is 16.3. The van der Waals surface area contributed by atoms with Crippen molar-refractivity contribution >= 4 is 12.0 Å². The van der Waals surface area contributed by atoms with E-state index in [1.54, 1.807) is 20.8 Å². The van der Waals surface area contributed by atoms with E-state index in [-0.39, 0.29) is 24.3 Å². The Morgan fingerprint density at radius 1 is 1.15 bits per heavy atom. The molecule has 0 saturated carbocycles. The van der Waals surface area contributed by atoms with Crippen LogP contribution in [0.3, 0.4) is 0 Å². The van der Waals surface area contributed by atoms with E-state index in [4.69, 9.17) is 9.15 Å². The molecule has 146 valence electrons. The monoisotopic (exact) mass is 374 g/mol. The molecule has 0 fully saturated rings. The SMILES string of the molecule is CC(C)C(NC(=O)OC(C)(C)C)C(=O)NCc1nnc(-c2ccccc2)o1. The molecule has 2 amide bonds. The summed E-state index contributed by atoms with van der Waals surface area (Å²) >= 11 is 0. The lowest BCUT2D eigenvalue weighted by atomic mass is 10.0. The molecule has 8 nitrogen and oxygen atoms in total. The summed E-state index contributed by atoms with van der Waals surface area (Å²) in [5.74, 6) is 0.185. The van der Waals surface area contributed by atoms with E-state index in [0.717, 1.165) is 5.56 Å². The molecule has 0 aliphatic rings. The third-order valence-corrected chi connectivity index (χ3v) is 3.52. The molecule has 0 bridgehead atoms. The maximum absolute atomic E-state index is 12.5. The topological polar surface area (TPSA) is 106 Å². The van der Waals surface area contributed by atoms with Crippen molar-refractivity contribution in [3.8, 4) is 11.5 Å². The molecule has 0 aliphatic heterocycles. The van der Waals surface area contributed by atoms with Gasteiger partial charge < -0.3 is 19.8 Å². The fourth-order valence-corrected chi connectivity index (χ4v) is 2.26. The molecule has 1 atom stereocenters. The van der Waals surface area contributed by atoms with Crippen molar-refractivity contribution in [2.75, 3.05) is 0 Å². The van der Waals surface area contributed by atoms with E-state index >= 15 is 0 Å². The summed E-state index contributed by atoms with van der Waals surface area (Å²) in [6.07, 6.45) is -0.638. The minimum atomic E-state index is -0.739. The van der Waals surface area contributed by atoms with Gasteiger partial charge in [-0.15, -0.1) is 10.2 Å². The second-order valence-corrected chi connectivity index (χ2v) is 7.45. The number of nitrogens with zero attached hydrogens (tertiary/aromatic N) is 2. The first-order chi connectivity index (χ1) is 12.7. The number of amides is 2. The Kier molecular flexibility index (Phi) is 6.55. The molecule has 27 heavy (non-hydrogen) atoms. The van der Waals surface area contributed by atoms with Gasteiger partial charge >= 0.3 is 6.09 Å². The second kappa shape index (κ2) is 8.66. The number of benzene rings is 1. The number of aromatic nitrogens is 2. The van der Waals surface area contributed by atoms with Crippen molar-refractivity contribution in [3.63, 3.8) is 0 Å². The van der Waals surface area contributed by atoms with Crippen LogP contribution in [0.15, 0.2) is 34.7 Å². The lowest BCUT2D eigenvalue weighted by molar-refractivity contribution is -0.124. The molecule has 8 heteroatoms. The Morgan fingerprint density at radius 3 is 2.41 bits per heavy atom. The van der Waals surface area contributed by atoms with Crippen LogP contribution in [0.1, 0.15) is 40.5 Å². The standard InChI is InChI=1S/C19H26N4O4/c1-12(2)15(21-18(25)27-19(3,4)5)16(24)20-11-14-22-23-17(26-14)13-9-7-6-8-10-13/h6-10,12,15H,11H2,1-5H3,(H,20,24)(H,21,25). The second-order valence-electron chi connectivity index (χ2n) is 7.45. The van der Waals surface area contributed by atoms with Crippen molar-refractivity contribution < 1.29 is 18.7 Å². The molecule has 2 rings (SSSR count). The molecular formula is C19H26N4O4. The summed E-state index contributed by atoms with van der Waals surface area (Å²) in [5.41, 5.74) is 0.161. The third kappa shape index (κ3) is 6.40. The number of hydrogen-bond donors (Lipinski definition) is 2. The molecule has 0 saturated heterocycles. The predicted molar refractivity (Wildman–Crippen MR) is 99.6 cm³/mol. The van der Waals surface area contributed by atoms with Crippen molar-refractivity contribution in [1.29, 1.82) is 0 Å². The van der Waals surface area contributed by atoms with Gasteiger partial charge in [-0.25, -0.2) is 4.79 Å². The lowest BCUT2D eigenvalue weighted by Gasteiger charge is -2.25. The number of carbonyl (C=O) groups is 2. The number of carbonyl (C=O) groups excluding carboxylic acids is 2. The highest BCUT2D eigenvalue weighted by atomic mass is 16.6. The third-order valence-electron chi connectivity index (χ3n) is 3.52. The van der Waals surface area contributed by atoms with E-state index in [9.17, 15) is 9.59 Å². The summed E-state index contributed by atoms with van der Waals surface area (Å²) < 4.78 is 10.8.